The number of carboxylic acid groups (broad SMARTS) is 1. The maximum absolute atomic E-state index is 12.0. The number of esters is 1. The number of nitrogens with zero attached hydrogens (tertiary/aromatic N) is 1. The number of carbonyl (C=O) groups is 3. The first-order chi connectivity index (χ1) is 9.17. The van der Waals surface area contributed by atoms with Crippen LogP contribution < -0.4 is 0 Å². The van der Waals surface area contributed by atoms with Crippen molar-refractivity contribution in [1.82, 2.24) is 4.90 Å². The molecule has 2 aliphatic rings. The van der Waals surface area contributed by atoms with Gasteiger partial charge < -0.3 is 14.6 Å². The van der Waals surface area contributed by atoms with Gasteiger partial charge in [0.1, 0.15) is 11.6 Å². The summed E-state index contributed by atoms with van der Waals surface area (Å²) in [5, 5.41) is 9.30. The molecule has 7 nitrogen and oxygen atoms in total. The van der Waals surface area contributed by atoms with Crippen molar-refractivity contribution < 1.29 is 29.0 Å². The Morgan fingerprint density at radius 3 is 2.30 bits per heavy atom. The molecule has 1 aliphatic heterocycles. The molecule has 0 spiro atoms. The summed E-state index contributed by atoms with van der Waals surface area (Å²) in [6.07, 6.45) is -0.652. The summed E-state index contributed by atoms with van der Waals surface area (Å²) in [6, 6.07) is -1.01. The fourth-order valence-corrected chi connectivity index (χ4v) is 2.89. The molecule has 7 heteroatoms. The Balaban J connectivity index is 2.10. The van der Waals surface area contributed by atoms with Gasteiger partial charge >= 0.3 is 18.0 Å². The molecule has 0 aromatic rings. The van der Waals surface area contributed by atoms with Crippen LogP contribution >= 0.6 is 0 Å². The third-order valence-electron chi connectivity index (χ3n) is 3.69. The number of methoxy groups -OCH3 is 1. The number of fused-ring (bicyclic) bond motifs is 1. The topological polar surface area (TPSA) is 93.1 Å². The van der Waals surface area contributed by atoms with Crippen molar-refractivity contribution in [3.05, 3.63) is 0 Å². The summed E-state index contributed by atoms with van der Waals surface area (Å²) in [7, 11) is 1.28. The lowest BCUT2D eigenvalue weighted by atomic mass is 10.1. The zero-order valence-corrected chi connectivity index (χ0v) is 12.0. The smallest absolute Gasteiger partial charge is 0.411 e. The number of piperidine rings is 1. The van der Waals surface area contributed by atoms with E-state index in [1.54, 1.807) is 20.8 Å². The van der Waals surface area contributed by atoms with Gasteiger partial charge in [0.2, 0.25) is 0 Å². The lowest BCUT2D eigenvalue weighted by molar-refractivity contribution is -0.146. The minimum absolute atomic E-state index is 0.143. The summed E-state index contributed by atoms with van der Waals surface area (Å²) < 4.78 is 9.85. The average molecular weight is 285 g/mol. The number of ether oxygens (including phenoxy) is 2. The highest BCUT2D eigenvalue weighted by molar-refractivity contribution is 5.86. The molecule has 1 saturated heterocycles. The van der Waals surface area contributed by atoms with Crippen LogP contribution in [0.2, 0.25) is 0 Å². The van der Waals surface area contributed by atoms with Crippen molar-refractivity contribution in [2.24, 2.45) is 17.8 Å². The molecule has 1 saturated carbocycles. The highest BCUT2D eigenvalue weighted by Crippen LogP contribution is 2.56. The summed E-state index contributed by atoms with van der Waals surface area (Å²) in [6.45, 7) is 5.37. The molecule has 1 N–H and O–H groups in total. The van der Waals surface area contributed by atoms with Crippen LogP contribution in [0.25, 0.3) is 0 Å². The maximum atomic E-state index is 12.0. The van der Waals surface area contributed by atoms with Crippen molar-refractivity contribution in [3.63, 3.8) is 0 Å². The fraction of sp³-hybridized carbons (Fsp3) is 0.769. The monoisotopic (exact) mass is 285 g/mol. The Morgan fingerprint density at radius 2 is 1.85 bits per heavy atom. The van der Waals surface area contributed by atoms with Crippen LogP contribution in [-0.2, 0) is 19.1 Å². The first-order valence-electron chi connectivity index (χ1n) is 6.47. The zero-order chi connectivity index (χ0) is 15.2. The largest absolute Gasteiger partial charge is 0.480 e. The first kappa shape index (κ1) is 14.6. The zero-order valence-electron chi connectivity index (χ0n) is 12.0. The number of carboxylic acids is 1. The van der Waals surface area contributed by atoms with E-state index in [2.05, 4.69) is 4.74 Å². The Hall–Kier alpha value is -1.79. The third-order valence-corrected chi connectivity index (χ3v) is 3.69. The highest BCUT2D eigenvalue weighted by Gasteiger charge is 2.68. The van der Waals surface area contributed by atoms with E-state index in [-0.39, 0.29) is 18.4 Å². The summed E-state index contributed by atoms with van der Waals surface area (Å²) in [4.78, 5) is 36.1. The van der Waals surface area contributed by atoms with E-state index in [9.17, 15) is 19.5 Å². The van der Waals surface area contributed by atoms with E-state index < -0.39 is 35.6 Å². The van der Waals surface area contributed by atoms with E-state index in [1.807, 2.05) is 0 Å². The maximum Gasteiger partial charge on any atom is 0.411 e. The third kappa shape index (κ3) is 2.44. The van der Waals surface area contributed by atoms with Crippen molar-refractivity contribution in [2.45, 2.75) is 32.4 Å². The Morgan fingerprint density at radius 1 is 1.25 bits per heavy atom. The molecule has 20 heavy (non-hydrogen) atoms. The molecule has 2 fully saturated rings. The second-order valence-corrected chi connectivity index (χ2v) is 6.21. The van der Waals surface area contributed by atoms with Gasteiger partial charge in [-0.2, -0.15) is 0 Å². The number of amides is 1. The molecule has 112 valence electrons. The Labute approximate surface area is 116 Å². The molecule has 0 radical (unpaired) electrons. The number of carbonyl (C=O) groups excluding carboxylic acids is 2. The van der Waals surface area contributed by atoms with Gasteiger partial charge in [0.05, 0.1) is 13.0 Å². The molecular formula is C13H19NO6. The van der Waals surface area contributed by atoms with Gasteiger partial charge in [-0.05, 0) is 26.7 Å². The van der Waals surface area contributed by atoms with Gasteiger partial charge in [-0.15, -0.1) is 0 Å². The van der Waals surface area contributed by atoms with Crippen LogP contribution in [0.15, 0.2) is 0 Å². The minimum Gasteiger partial charge on any atom is -0.480 e. The minimum atomic E-state index is -1.12. The number of hydrogen-bond acceptors (Lipinski definition) is 5. The van der Waals surface area contributed by atoms with E-state index in [0.29, 0.717) is 0 Å². The first-order valence-corrected chi connectivity index (χ1v) is 6.47. The summed E-state index contributed by atoms with van der Waals surface area (Å²) >= 11 is 0. The molecule has 1 heterocycles. The molecular weight excluding hydrogens is 266 g/mol. The van der Waals surface area contributed by atoms with Gasteiger partial charge in [-0.25, -0.2) is 9.59 Å². The summed E-state index contributed by atoms with van der Waals surface area (Å²) in [5.74, 6) is -2.45. The van der Waals surface area contributed by atoms with E-state index in [4.69, 9.17) is 4.74 Å². The van der Waals surface area contributed by atoms with Crippen LogP contribution in [-0.4, -0.2) is 53.3 Å². The SMILES string of the molecule is COC(=O)[C@@H]1[C@@H]2CN(C(=O)OC(C)(C)C)[C@H](C(=O)O)[C@@H]21. The van der Waals surface area contributed by atoms with Gasteiger partial charge in [0.25, 0.3) is 0 Å². The molecule has 0 bridgehead atoms. The van der Waals surface area contributed by atoms with E-state index >= 15 is 0 Å². The standard InChI is InChI=1S/C13H19NO6/c1-13(2,3)20-12(18)14-5-6-7(9(14)10(15)16)8(6)11(17)19-4/h6-9H,5H2,1-4H3,(H,15,16)/t6-,7+,8-,9+/m1/s1. The van der Waals surface area contributed by atoms with Crippen LogP contribution in [0.3, 0.4) is 0 Å². The lowest BCUT2D eigenvalue weighted by Gasteiger charge is -2.29. The molecule has 1 aliphatic carbocycles. The molecule has 1 amide bonds. The van der Waals surface area contributed by atoms with Gasteiger partial charge in [0.15, 0.2) is 0 Å². The highest BCUT2D eigenvalue weighted by atomic mass is 16.6. The van der Waals surface area contributed by atoms with Crippen molar-refractivity contribution >= 4 is 18.0 Å². The lowest BCUT2D eigenvalue weighted by Crippen LogP contribution is -2.47. The van der Waals surface area contributed by atoms with E-state index in [1.165, 1.54) is 12.0 Å². The van der Waals surface area contributed by atoms with Gasteiger partial charge in [0, 0.05) is 12.5 Å². The quantitative estimate of drug-likeness (QED) is 0.752. The van der Waals surface area contributed by atoms with Crippen molar-refractivity contribution in [1.29, 1.82) is 0 Å². The van der Waals surface area contributed by atoms with E-state index in [0.717, 1.165) is 0 Å². The number of likely N-dealkylation sites (tertiary alicyclic amines) is 1. The number of hydrogen-bond donors (Lipinski definition) is 1. The molecule has 0 aromatic heterocycles. The Bertz CT molecular complexity index is 454. The molecule has 2 rings (SSSR count). The van der Waals surface area contributed by atoms with Crippen molar-refractivity contribution in [3.8, 4) is 0 Å². The molecule has 0 aromatic carbocycles. The summed E-state index contributed by atoms with van der Waals surface area (Å²) in [5.41, 5.74) is -0.686. The second-order valence-electron chi connectivity index (χ2n) is 6.21. The molecule has 4 atom stereocenters. The molecule has 0 unspecified atom stereocenters. The fourth-order valence-electron chi connectivity index (χ4n) is 2.89. The second kappa shape index (κ2) is 4.64. The predicted molar refractivity (Wildman–Crippen MR) is 66.8 cm³/mol. The van der Waals surface area contributed by atoms with Crippen LogP contribution in [0, 0.1) is 17.8 Å². The van der Waals surface area contributed by atoms with Crippen LogP contribution in [0.4, 0.5) is 4.79 Å². The number of aliphatic carboxylic acids is 1. The van der Waals surface area contributed by atoms with Crippen LogP contribution in [0.1, 0.15) is 20.8 Å². The normalized spacial score (nSPS) is 31.5. The van der Waals surface area contributed by atoms with Gasteiger partial charge in [-0.1, -0.05) is 0 Å². The average Bonchev–Trinajstić information content (AvgIpc) is 2.85. The van der Waals surface area contributed by atoms with Gasteiger partial charge in [-0.3, -0.25) is 9.69 Å². The Kier molecular flexibility index (Phi) is 3.39. The number of rotatable bonds is 2. The predicted octanol–water partition coefficient (Wildman–Crippen LogP) is 0.725. The van der Waals surface area contributed by atoms with Crippen molar-refractivity contribution in [2.75, 3.05) is 13.7 Å². The van der Waals surface area contributed by atoms with Crippen LogP contribution in [0.5, 0.6) is 0 Å².